The number of thiophene rings is 1. The Balaban J connectivity index is 1.72. The summed E-state index contributed by atoms with van der Waals surface area (Å²) in [5.74, 6) is 0.306. The van der Waals surface area contributed by atoms with Crippen molar-refractivity contribution in [2.75, 3.05) is 5.32 Å². The molecular formula is C16H16N4O2S2. The van der Waals surface area contributed by atoms with Crippen molar-refractivity contribution >= 4 is 43.9 Å². The maximum Gasteiger partial charge on any atom is 0.263 e. The van der Waals surface area contributed by atoms with E-state index in [1.807, 2.05) is 0 Å². The molecule has 124 valence electrons. The summed E-state index contributed by atoms with van der Waals surface area (Å²) in [6.45, 7) is 1.73. The summed E-state index contributed by atoms with van der Waals surface area (Å²) in [5, 5.41) is 5.75. The van der Waals surface area contributed by atoms with Crippen LogP contribution in [0.1, 0.15) is 29.1 Å². The molecule has 0 unspecified atom stereocenters. The summed E-state index contributed by atoms with van der Waals surface area (Å²) >= 11 is 2.97. The molecule has 0 aromatic carbocycles. The fourth-order valence-corrected chi connectivity index (χ4v) is 4.96. The summed E-state index contributed by atoms with van der Waals surface area (Å²) in [5.41, 5.74) is 1.04. The number of anilines is 1. The first-order valence-corrected chi connectivity index (χ1v) is 9.54. The molecule has 8 heteroatoms. The van der Waals surface area contributed by atoms with Crippen molar-refractivity contribution in [3.8, 4) is 0 Å². The van der Waals surface area contributed by atoms with Crippen LogP contribution in [0.2, 0.25) is 0 Å². The predicted molar refractivity (Wildman–Crippen MR) is 96.0 cm³/mol. The second-order valence-corrected chi connectivity index (χ2v) is 7.80. The minimum atomic E-state index is -0.264. The van der Waals surface area contributed by atoms with Gasteiger partial charge < -0.3 is 5.32 Å². The summed E-state index contributed by atoms with van der Waals surface area (Å²) in [7, 11) is 0. The van der Waals surface area contributed by atoms with E-state index in [4.69, 9.17) is 0 Å². The number of aromatic nitrogens is 3. The van der Waals surface area contributed by atoms with Gasteiger partial charge in [-0.2, -0.15) is 0 Å². The lowest BCUT2D eigenvalue weighted by Gasteiger charge is -2.11. The van der Waals surface area contributed by atoms with Crippen LogP contribution in [0.3, 0.4) is 0 Å². The normalized spacial score (nSPS) is 13.9. The number of carbonyl (C=O) groups excluding carboxylic acids is 1. The predicted octanol–water partition coefficient (Wildman–Crippen LogP) is 2.74. The number of hydrogen-bond donors (Lipinski definition) is 1. The van der Waals surface area contributed by atoms with E-state index >= 15 is 0 Å². The van der Waals surface area contributed by atoms with E-state index in [9.17, 15) is 9.59 Å². The first-order valence-electron chi connectivity index (χ1n) is 7.84. The van der Waals surface area contributed by atoms with E-state index in [-0.39, 0.29) is 18.0 Å². The zero-order valence-corrected chi connectivity index (χ0v) is 14.8. The van der Waals surface area contributed by atoms with E-state index in [1.54, 1.807) is 29.8 Å². The molecule has 6 nitrogen and oxygen atoms in total. The molecule has 1 aliphatic rings. The standard InChI is InChI=1S/C16H16N4O2S2/c1-9-18-14-13(10-4-2-3-5-11(10)24-14)15(22)20(9)8-12(21)19-16-17-6-7-23-16/h6-7H,2-5,8H2,1H3,(H,17,19,21). The van der Waals surface area contributed by atoms with Crippen molar-refractivity contribution in [1.29, 1.82) is 0 Å². The van der Waals surface area contributed by atoms with E-state index in [2.05, 4.69) is 15.3 Å². The Labute approximate surface area is 146 Å². The molecule has 0 spiro atoms. The lowest BCUT2D eigenvalue weighted by Crippen LogP contribution is -2.30. The largest absolute Gasteiger partial charge is 0.300 e. The van der Waals surface area contributed by atoms with Crippen molar-refractivity contribution in [3.05, 3.63) is 38.2 Å². The fraction of sp³-hybridized carbons (Fsp3) is 0.375. The molecule has 0 radical (unpaired) electrons. The monoisotopic (exact) mass is 360 g/mol. The van der Waals surface area contributed by atoms with Gasteiger partial charge in [0.1, 0.15) is 17.2 Å². The Morgan fingerprint density at radius 1 is 1.38 bits per heavy atom. The highest BCUT2D eigenvalue weighted by molar-refractivity contribution is 7.18. The van der Waals surface area contributed by atoms with Gasteiger partial charge in [0.05, 0.1) is 5.39 Å². The van der Waals surface area contributed by atoms with Gasteiger partial charge in [0.15, 0.2) is 5.13 Å². The first kappa shape index (κ1) is 15.5. The van der Waals surface area contributed by atoms with E-state index in [1.165, 1.54) is 27.2 Å². The van der Waals surface area contributed by atoms with Crippen molar-refractivity contribution in [2.24, 2.45) is 0 Å². The molecule has 3 aromatic heterocycles. The number of nitrogens with one attached hydrogen (secondary N) is 1. The molecular weight excluding hydrogens is 344 g/mol. The molecule has 0 fully saturated rings. The van der Waals surface area contributed by atoms with Crippen molar-refractivity contribution < 1.29 is 4.79 Å². The third-order valence-corrected chi connectivity index (χ3v) is 6.12. The molecule has 3 aromatic rings. The van der Waals surface area contributed by atoms with E-state index < -0.39 is 0 Å². The van der Waals surface area contributed by atoms with Gasteiger partial charge in [-0.3, -0.25) is 14.2 Å². The van der Waals surface area contributed by atoms with Crippen LogP contribution in [0.25, 0.3) is 10.2 Å². The SMILES string of the molecule is Cc1nc2sc3c(c2c(=O)n1CC(=O)Nc1nccs1)CCCC3. The Kier molecular flexibility index (Phi) is 3.93. The van der Waals surface area contributed by atoms with Gasteiger partial charge in [0.25, 0.3) is 5.56 Å². The van der Waals surface area contributed by atoms with Gasteiger partial charge in [-0.15, -0.1) is 22.7 Å². The van der Waals surface area contributed by atoms with Gasteiger partial charge in [-0.25, -0.2) is 9.97 Å². The average molecular weight is 360 g/mol. The van der Waals surface area contributed by atoms with Crippen LogP contribution in [-0.4, -0.2) is 20.4 Å². The minimum Gasteiger partial charge on any atom is -0.300 e. The number of carbonyl (C=O) groups is 1. The maximum absolute atomic E-state index is 13.0. The van der Waals surface area contributed by atoms with Crippen LogP contribution in [0.4, 0.5) is 5.13 Å². The number of thiazole rings is 1. The number of hydrogen-bond acceptors (Lipinski definition) is 6. The summed E-state index contributed by atoms with van der Waals surface area (Å²) in [6, 6.07) is 0. The molecule has 1 N–H and O–H groups in total. The Morgan fingerprint density at radius 3 is 3.00 bits per heavy atom. The molecule has 0 saturated heterocycles. The van der Waals surface area contributed by atoms with E-state index in [0.29, 0.717) is 16.3 Å². The van der Waals surface area contributed by atoms with Gasteiger partial charge in [0, 0.05) is 16.5 Å². The minimum absolute atomic E-state index is 0.0438. The van der Waals surface area contributed by atoms with E-state index in [0.717, 1.165) is 29.7 Å². The Morgan fingerprint density at radius 2 is 2.21 bits per heavy atom. The molecule has 0 atom stereocenters. The lowest BCUT2D eigenvalue weighted by molar-refractivity contribution is -0.116. The molecule has 0 saturated carbocycles. The maximum atomic E-state index is 13.0. The quantitative estimate of drug-likeness (QED) is 0.779. The highest BCUT2D eigenvalue weighted by Gasteiger charge is 2.21. The zero-order valence-electron chi connectivity index (χ0n) is 13.2. The van der Waals surface area contributed by atoms with Crippen LogP contribution in [0, 0.1) is 6.92 Å². The van der Waals surface area contributed by atoms with Gasteiger partial charge in [-0.05, 0) is 38.2 Å². The second kappa shape index (κ2) is 6.10. The van der Waals surface area contributed by atoms with Gasteiger partial charge in [-0.1, -0.05) is 0 Å². The lowest BCUT2D eigenvalue weighted by atomic mass is 9.97. The third-order valence-electron chi connectivity index (χ3n) is 4.25. The molecule has 3 heterocycles. The molecule has 1 aliphatic carbocycles. The zero-order chi connectivity index (χ0) is 16.7. The van der Waals surface area contributed by atoms with Crippen LogP contribution >= 0.6 is 22.7 Å². The highest BCUT2D eigenvalue weighted by atomic mass is 32.1. The Bertz CT molecular complexity index is 972. The van der Waals surface area contributed by atoms with Crippen LogP contribution in [-0.2, 0) is 24.2 Å². The summed E-state index contributed by atoms with van der Waals surface area (Å²) in [4.78, 5) is 35.9. The van der Waals surface area contributed by atoms with Crippen molar-refractivity contribution in [1.82, 2.24) is 14.5 Å². The topological polar surface area (TPSA) is 76.9 Å². The van der Waals surface area contributed by atoms with Crippen molar-refractivity contribution in [2.45, 2.75) is 39.2 Å². The molecule has 0 aliphatic heterocycles. The first-order chi connectivity index (χ1) is 11.6. The number of aryl methyl sites for hydroxylation is 3. The second-order valence-electron chi connectivity index (χ2n) is 5.83. The summed E-state index contributed by atoms with van der Waals surface area (Å²) < 4.78 is 1.47. The van der Waals surface area contributed by atoms with Crippen LogP contribution < -0.4 is 10.9 Å². The Hall–Kier alpha value is -2.06. The molecule has 0 bridgehead atoms. The van der Waals surface area contributed by atoms with Crippen LogP contribution in [0.15, 0.2) is 16.4 Å². The number of nitrogens with zero attached hydrogens (tertiary/aromatic N) is 3. The number of fused-ring (bicyclic) bond motifs is 3. The average Bonchev–Trinajstić information content (AvgIpc) is 3.18. The highest BCUT2D eigenvalue weighted by Crippen LogP contribution is 2.33. The number of rotatable bonds is 3. The molecule has 24 heavy (non-hydrogen) atoms. The molecule has 1 amide bonds. The number of amides is 1. The smallest absolute Gasteiger partial charge is 0.263 e. The van der Waals surface area contributed by atoms with Crippen LogP contribution in [0.5, 0.6) is 0 Å². The van der Waals surface area contributed by atoms with Crippen molar-refractivity contribution in [3.63, 3.8) is 0 Å². The van der Waals surface area contributed by atoms with Gasteiger partial charge >= 0.3 is 0 Å². The fourth-order valence-electron chi connectivity index (χ4n) is 3.11. The summed E-state index contributed by atoms with van der Waals surface area (Å²) in [6.07, 6.45) is 5.86. The molecule has 4 rings (SSSR count). The van der Waals surface area contributed by atoms with Gasteiger partial charge in [0.2, 0.25) is 5.91 Å². The third kappa shape index (κ3) is 2.65.